The van der Waals surface area contributed by atoms with Gasteiger partial charge in [-0.15, -0.1) is 0 Å². The molecule has 7 nitrogen and oxygen atoms in total. The van der Waals surface area contributed by atoms with Gasteiger partial charge < -0.3 is 10.2 Å². The molecule has 0 saturated heterocycles. The van der Waals surface area contributed by atoms with Gasteiger partial charge in [0.15, 0.2) is 0 Å². The van der Waals surface area contributed by atoms with Crippen LogP contribution in [0.4, 0.5) is 0 Å². The number of azide groups is 1. The van der Waals surface area contributed by atoms with Crippen LogP contribution >= 0.6 is 0 Å². The van der Waals surface area contributed by atoms with E-state index < -0.39 is 12.2 Å². The molecule has 0 bridgehead atoms. The van der Waals surface area contributed by atoms with Crippen LogP contribution in [0.15, 0.2) is 11.3 Å². The number of aryl methyl sites for hydroxylation is 1. The van der Waals surface area contributed by atoms with Gasteiger partial charge in [-0.25, -0.2) is 0 Å². The van der Waals surface area contributed by atoms with Gasteiger partial charge in [0.1, 0.15) is 6.10 Å². The molecule has 0 aliphatic rings. The van der Waals surface area contributed by atoms with Crippen molar-refractivity contribution in [1.82, 2.24) is 9.78 Å². The fourth-order valence-electron chi connectivity index (χ4n) is 1.62. The van der Waals surface area contributed by atoms with Gasteiger partial charge in [-0.3, -0.25) is 4.68 Å². The molecule has 0 amide bonds. The van der Waals surface area contributed by atoms with E-state index in [1.54, 1.807) is 4.68 Å². The average molecular weight is 239 g/mol. The Balaban J connectivity index is 2.81. The molecule has 2 atom stereocenters. The summed E-state index contributed by atoms with van der Waals surface area (Å²) in [6, 6.07) is 0. The van der Waals surface area contributed by atoms with Crippen molar-refractivity contribution in [3.05, 3.63) is 27.9 Å². The number of hydrogen-bond acceptors (Lipinski definition) is 4. The summed E-state index contributed by atoms with van der Waals surface area (Å²) in [6.07, 6.45) is 0.295. The summed E-state index contributed by atoms with van der Waals surface area (Å²) in [5.74, 6) is 0. The van der Waals surface area contributed by atoms with Crippen LogP contribution in [0.2, 0.25) is 0 Å². The van der Waals surface area contributed by atoms with E-state index in [1.807, 2.05) is 13.8 Å². The Bertz CT molecular complexity index is 411. The first-order chi connectivity index (χ1) is 8.11. The molecular formula is C10H17N5O2. The van der Waals surface area contributed by atoms with Gasteiger partial charge in [0, 0.05) is 22.7 Å². The fourth-order valence-corrected chi connectivity index (χ4v) is 1.62. The maximum atomic E-state index is 9.89. The van der Waals surface area contributed by atoms with Crippen molar-refractivity contribution in [1.29, 1.82) is 0 Å². The molecule has 0 spiro atoms. The summed E-state index contributed by atoms with van der Waals surface area (Å²) in [6.45, 7) is 4.48. The average Bonchev–Trinajstić information content (AvgIpc) is 2.68. The lowest BCUT2D eigenvalue weighted by Crippen LogP contribution is -2.21. The Morgan fingerprint density at radius 3 is 2.88 bits per heavy atom. The number of hydrogen-bond donors (Lipinski definition) is 2. The van der Waals surface area contributed by atoms with E-state index in [-0.39, 0.29) is 6.54 Å². The number of rotatable bonds is 6. The van der Waals surface area contributed by atoms with Gasteiger partial charge in [0.25, 0.3) is 0 Å². The first kappa shape index (κ1) is 13.5. The molecule has 0 aliphatic heterocycles. The minimum absolute atomic E-state index is 0.157. The molecule has 0 aromatic carbocycles. The number of nitrogens with zero attached hydrogens (tertiary/aromatic N) is 5. The number of aliphatic hydroxyl groups excluding tert-OH is 2. The zero-order valence-electron chi connectivity index (χ0n) is 9.98. The summed E-state index contributed by atoms with van der Waals surface area (Å²) in [7, 11) is 0. The van der Waals surface area contributed by atoms with Crippen molar-refractivity contribution in [3.8, 4) is 0 Å². The third-order valence-corrected chi connectivity index (χ3v) is 2.59. The second-order valence-corrected chi connectivity index (χ2v) is 3.83. The number of aliphatic hydroxyl groups is 2. The highest BCUT2D eigenvalue weighted by Gasteiger charge is 2.21. The molecule has 1 aromatic heterocycles. The van der Waals surface area contributed by atoms with E-state index in [1.165, 1.54) is 6.20 Å². The molecule has 0 aliphatic carbocycles. The van der Waals surface area contributed by atoms with E-state index in [0.717, 1.165) is 18.7 Å². The van der Waals surface area contributed by atoms with Crippen molar-refractivity contribution in [2.75, 3.05) is 6.54 Å². The van der Waals surface area contributed by atoms with Crippen LogP contribution in [0.25, 0.3) is 10.4 Å². The molecule has 1 aromatic rings. The predicted molar refractivity (Wildman–Crippen MR) is 62.2 cm³/mol. The quantitative estimate of drug-likeness (QED) is 0.444. The zero-order chi connectivity index (χ0) is 12.8. The standard InChI is InChI=1S/C10H17N5O2/c1-3-4-15-7(2)8(5-13-15)10(17)9(16)6-12-14-11/h5,9-10,16-17H,3-4,6H2,1-2H3. The minimum atomic E-state index is -1.11. The third-order valence-electron chi connectivity index (χ3n) is 2.59. The first-order valence-corrected chi connectivity index (χ1v) is 5.51. The third kappa shape index (κ3) is 3.20. The highest BCUT2D eigenvalue weighted by molar-refractivity contribution is 5.20. The summed E-state index contributed by atoms with van der Waals surface area (Å²) in [5, 5.41) is 26.9. The molecule has 7 heteroatoms. The smallest absolute Gasteiger partial charge is 0.108 e. The topological polar surface area (TPSA) is 107 Å². The first-order valence-electron chi connectivity index (χ1n) is 5.51. The maximum Gasteiger partial charge on any atom is 0.108 e. The van der Waals surface area contributed by atoms with Gasteiger partial charge in [-0.1, -0.05) is 12.0 Å². The summed E-state index contributed by atoms with van der Waals surface area (Å²) < 4.78 is 1.78. The molecule has 94 valence electrons. The summed E-state index contributed by atoms with van der Waals surface area (Å²) in [5.41, 5.74) is 9.53. The van der Waals surface area contributed by atoms with Gasteiger partial charge in [-0.05, 0) is 18.9 Å². The van der Waals surface area contributed by atoms with Crippen LogP contribution in [0.3, 0.4) is 0 Å². The van der Waals surface area contributed by atoms with Gasteiger partial charge in [-0.2, -0.15) is 5.10 Å². The minimum Gasteiger partial charge on any atom is -0.390 e. The second kappa shape index (κ2) is 6.24. The van der Waals surface area contributed by atoms with Crippen molar-refractivity contribution in [2.24, 2.45) is 5.11 Å². The number of aromatic nitrogens is 2. The lowest BCUT2D eigenvalue weighted by molar-refractivity contribution is 0.0239. The normalized spacial score (nSPS) is 14.1. The Morgan fingerprint density at radius 2 is 2.29 bits per heavy atom. The van der Waals surface area contributed by atoms with Crippen molar-refractivity contribution < 1.29 is 10.2 Å². The van der Waals surface area contributed by atoms with Crippen molar-refractivity contribution in [2.45, 2.75) is 39.0 Å². The van der Waals surface area contributed by atoms with Crippen molar-refractivity contribution in [3.63, 3.8) is 0 Å². The molecule has 0 fully saturated rings. The van der Waals surface area contributed by atoms with Crippen LogP contribution in [-0.4, -0.2) is 32.6 Å². The molecule has 1 rings (SSSR count). The summed E-state index contributed by atoms with van der Waals surface area (Å²) >= 11 is 0. The maximum absolute atomic E-state index is 9.89. The predicted octanol–water partition coefficient (Wildman–Crippen LogP) is 1.31. The van der Waals surface area contributed by atoms with Gasteiger partial charge in [0.2, 0.25) is 0 Å². The van der Waals surface area contributed by atoms with E-state index in [9.17, 15) is 10.2 Å². The van der Waals surface area contributed by atoms with E-state index in [0.29, 0.717) is 5.56 Å². The van der Waals surface area contributed by atoms with E-state index in [2.05, 4.69) is 15.1 Å². The van der Waals surface area contributed by atoms with E-state index in [4.69, 9.17) is 5.53 Å². The molecule has 1 heterocycles. The van der Waals surface area contributed by atoms with Crippen LogP contribution in [0.5, 0.6) is 0 Å². The van der Waals surface area contributed by atoms with E-state index >= 15 is 0 Å². The molecule has 2 N–H and O–H groups in total. The van der Waals surface area contributed by atoms with Crippen LogP contribution in [0.1, 0.15) is 30.7 Å². The summed E-state index contributed by atoms with van der Waals surface area (Å²) in [4.78, 5) is 2.54. The fraction of sp³-hybridized carbons (Fsp3) is 0.700. The Hall–Kier alpha value is -1.56. The second-order valence-electron chi connectivity index (χ2n) is 3.83. The Kier molecular flexibility index (Phi) is 4.96. The Morgan fingerprint density at radius 1 is 1.59 bits per heavy atom. The van der Waals surface area contributed by atoms with Gasteiger partial charge >= 0.3 is 0 Å². The largest absolute Gasteiger partial charge is 0.390 e. The lowest BCUT2D eigenvalue weighted by Gasteiger charge is -2.15. The van der Waals surface area contributed by atoms with Crippen molar-refractivity contribution >= 4 is 0 Å². The van der Waals surface area contributed by atoms with Crippen LogP contribution < -0.4 is 0 Å². The molecule has 0 saturated carbocycles. The SMILES string of the molecule is CCCn1ncc(C(O)C(O)CN=[N+]=[N-])c1C. The lowest BCUT2D eigenvalue weighted by atomic mass is 10.1. The molecule has 2 unspecified atom stereocenters. The van der Waals surface area contributed by atoms with Crippen LogP contribution in [-0.2, 0) is 6.54 Å². The van der Waals surface area contributed by atoms with Gasteiger partial charge in [0.05, 0.1) is 18.8 Å². The Labute approximate surface area is 99.3 Å². The van der Waals surface area contributed by atoms with Crippen LogP contribution in [0, 0.1) is 6.92 Å². The highest BCUT2D eigenvalue weighted by atomic mass is 16.3. The monoisotopic (exact) mass is 239 g/mol. The highest BCUT2D eigenvalue weighted by Crippen LogP contribution is 2.21. The molecule has 17 heavy (non-hydrogen) atoms. The zero-order valence-corrected chi connectivity index (χ0v) is 9.98. The molecular weight excluding hydrogens is 222 g/mol. The molecule has 0 radical (unpaired) electrons.